The molecule has 0 aliphatic rings. The number of aryl methyl sites for hydroxylation is 1. The van der Waals surface area contributed by atoms with E-state index in [2.05, 4.69) is 26.0 Å². The van der Waals surface area contributed by atoms with Gasteiger partial charge in [-0.1, -0.05) is 12.1 Å². The number of sulfonamides is 1. The number of rotatable bonds is 7. The van der Waals surface area contributed by atoms with E-state index in [4.69, 9.17) is 0 Å². The molecule has 0 aromatic heterocycles. The molecule has 0 aliphatic carbocycles. The van der Waals surface area contributed by atoms with E-state index in [0.29, 0.717) is 12.1 Å². The molecule has 102 valence electrons. The van der Waals surface area contributed by atoms with Crippen LogP contribution in [0.2, 0.25) is 0 Å². The van der Waals surface area contributed by atoms with Crippen LogP contribution in [0.3, 0.4) is 0 Å². The van der Waals surface area contributed by atoms with Crippen molar-refractivity contribution in [1.29, 1.82) is 0 Å². The van der Waals surface area contributed by atoms with E-state index in [9.17, 15) is 8.42 Å². The number of hydrogen-bond acceptors (Lipinski definition) is 3. The molecule has 0 heterocycles. The zero-order valence-corrected chi connectivity index (χ0v) is 13.1. The number of anilines is 1. The first-order valence-electron chi connectivity index (χ1n) is 5.86. The van der Waals surface area contributed by atoms with Crippen LogP contribution in [0.4, 0.5) is 5.69 Å². The number of halogens is 1. The fraction of sp³-hybridized carbons (Fsp3) is 0.500. The zero-order chi connectivity index (χ0) is 13.6. The van der Waals surface area contributed by atoms with E-state index in [1.807, 2.05) is 26.1 Å². The third kappa shape index (κ3) is 4.96. The first-order valence-corrected chi connectivity index (χ1v) is 8.31. The van der Waals surface area contributed by atoms with Crippen LogP contribution in [-0.4, -0.2) is 27.8 Å². The third-order valence-corrected chi connectivity index (χ3v) is 4.96. The molecule has 2 N–H and O–H groups in total. The van der Waals surface area contributed by atoms with Gasteiger partial charge in [-0.05, 0) is 60.9 Å². The van der Waals surface area contributed by atoms with Gasteiger partial charge in [0.2, 0.25) is 10.0 Å². The summed E-state index contributed by atoms with van der Waals surface area (Å²) in [7, 11) is -1.40. The minimum absolute atomic E-state index is 0.148. The van der Waals surface area contributed by atoms with Crippen LogP contribution < -0.4 is 10.0 Å². The molecule has 0 aliphatic heterocycles. The maximum Gasteiger partial charge on any atom is 0.232 e. The van der Waals surface area contributed by atoms with E-state index < -0.39 is 10.0 Å². The van der Waals surface area contributed by atoms with Gasteiger partial charge in [0.1, 0.15) is 0 Å². The molecule has 0 bridgehead atoms. The predicted octanol–water partition coefficient (Wildman–Crippen LogP) is 2.50. The Morgan fingerprint density at radius 1 is 1.28 bits per heavy atom. The first-order chi connectivity index (χ1) is 8.46. The van der Waals surface area contributed by atoms with Crippen molar-refractivity contribution >= 4 is 31.6 Å². The SMILES string of the molecule is CNCCCCS(=O)(=O)Nc1cccc(C)c1Br. The smallest absolute Gasteiger partial charge is 0.232 e. The summed E-state index contributed by atoms with van der Waals surface area (Å²) in [6.45, 7) is 2.76. The molecule has 0 unspecified atom stereocenters. The second kappa shape index (κ2) is 7.11. The molecule has 1 rings (SSSR count). The predicted molar refractivity (Wildman–Crippen MR) is 79.4 cm³/mol. The van der Waals surface area contributed by atoms with Crippen LogP contribution in [0.25, 0.3) is 0 Å². The van der Waals surface area contributed by atoms with Crippen molar-refractivity contribution in [2.45, 2.75) is 19.8 Å². The number of benzene rings is 1. The highest BCUT2D eigenvalue weighted by Gasteiger charge is 2.12. The maximum atomic E-state index is 11.9. The van der Waals surface area contributed by atoms with Crippen molar-refractivity contribution in [3.05, 3.63) is 28.2 Å². The van der Waals surface area contributed by atoms with Crippen LogP contribution in [-0.2, 0) is 10.0 Å². The highest BCUT2D eigenvalue weighted by Crippen LogP contribution is 2.26. The van der Waals surface area contributed by atoms with Gasteiger partial charge in [0.15, 0.2) is 0 Å². The summed E-state index contributed by atoms with van der Waals surface area (Å²) in [5.74, 6) is 0.148. The molecule has 0 saturated carbocycles. The largest absolute Gasteiger partial charge is 0.320 e. The number of unbranched alkanes of at least 4 members (excludes halogenated alkanes) is 1. The fourth-order valence-electron chi connectivity index (χ4n) is 1.54. The van der Waals surface area contributed by atoms with Gasteiger partial charge in [-0.25, -0.2) is 8.42 Å². The zero-order valence-electron chi connectivity index (χ0n) is 10.7. The molecule has 18 heavy (non-hydrogen) atoms. The molecule has 1 aromatic carbocycles. The van der Waals surface area contributed by atoms with Gasteiger partial charge in [0, 0.05) is 4.47 Å². The van der Waals surface area contributed by atoms with Crippen molar-refractivity contribution in [3.8, 4) is 0 Å². The molecule has 0 fully saturated rings. The average Bonchev–Trinajstić information content (AvgIpc) is 2.31. The van der Waals surface area contributed by atoms with Gasteiger partial charge in [-0.3, -0.25) is 4.72 Å². The quantitative estimate of drug-likeness (QED) is 0.753. The lowest BCUT2D eigenvalue weighted by Crippen LogP contribution is -2.18. The lowest BCUT2D eigenvalue weighted by Gasteiger charge is -2.11. The first kappa shape index (κ1) is 15.5. The standard InChI is InChI=1S/C12H19BrN2O2S/c1-10-6-5-7-11(12(10)13)15-18(16,17)9-4-3-8-14-2/h5-7,14-15H,3-4,8-9H2,1-2H3. The Kier molecular flexibility index (Phi) is 6.11. The van der Waals surface area contributed by atoms with Gasteiger partial charge >= 0.3 is 0 Å². The second-order valence-corrected chi connectivity index (χ2v) is 6.80. The lowest BCUT2D eigenvalue weighted by atomic mass is 10.2. The fourth-order valence-corrected chi connectivity index (χ4v) is 3.22. The monoisotopic (exact) mass is 334 g/mol. The van der Waals surface area contributed by atoms with Crippen molar-refractivity contribution < 1.29 is 8.42 Å². The van der Waals surface area contributed by atoms with Gasteiger partial charge in [0.25, 0.3) is 0 Å². The molecule has 0 saturated heterocycles. The minimum atomic E-state index is -3.26. The minimum Gasteiger partial charge on any atom is -0.320 e. The average molecular weight is 335 g/mol. The summed E-state index contributed by atoms with van der Waals surface area (Å²) in [5, 5.41) is 3.00. The number of hydrogen-bond donors (Lipinski definition) is 2. The Balaban J connectivity index is 2.62. The molecule has 6 heteroatoms. The van der Waals surface area contributed by atoms with E-state index in [1.165, 1.54) is 0 Å². The van der Waals surface area contributed by atoms with E-state index in [0.717, 1.165) is 23.0 Å². The topological polar surface area (TPSA) is 58.2 Å². The van der Waals surface area contributed by atoms with Crippen molar-refractivity contribution in [1.82, 2.24) is 5.32 Å². The summed E-state index contributed by atoms with van der Waals surface area (Å²) in [5.41, 5.74) is 1.61. The van der Waals surface area contributed by atoms with Crippen LogP contribution in [0, 0.1) is 6.92 Å². The second-order valence-electron chi connectivity index (χ2n) is 4.17. The van der Waals surface area contributed by atoms with E-state index >= 15 is 0 Å². The molecule has 0 atom stereocenters. The van der Waals surface area contributed by atoms with Crippen molar-refractivity contribution in [2.24, 2.45) is 0 Å². The summed E-state index contributed by atoms with van der Waals surface area (Å²) < 4.78 is 27.2. The summed E-state index contributed by atoms with van der Waals surface area (Å²) >= 11 is 3.39. The molecule has 4 nitrogen and oxygen atoms in total. The van der Waals surface area contributed by atoms with E-state index in [1.54, 1.807) is 6.07 Å². The van der Waals surface area contributed by atoms with Gasteiger partial charge < -0.3 is 5.32 Å². The van der Waals surface area contributed by atoms with Crippen LogP contribution in [0.15, 0.2) is 22.7 Å². The molecule has 0 amide bonds. The number of nitrogens with one attached hydrogen (secondary N) is 2. The van der Waals surface area contributed by atoms with Gasteiger partial charge in [0.05, 0.1) is 11.4 Å². The molecular formula is C12H19BrN2O2S. The molecule has 1 aromatic rings. The summed E-state index contributed by atoms with van der Waals surface area (Å²) in [4.78, 5) is 0. The summed E-state index contributed by atoms with van der Waals surface area (Å²) in [6, 6.07) is 5.51. The van der Waals surface area contributed by atoms with Crippen LogP contribution >= 0.6 is 15.9 Å². The summed E-state index contributed by atoms with van der Waals surface area (Å²) in [6.07, 6.45) is 1.51. The Labute approximate surface area is 117 Å². The maximum absolute atomic E-state index is 11.9. The normalized spacial score (nSPS) is 11.5. The lowest BCUT2D eigenvalue weighted by molar-refractivity contribution is 0.595. The van der Waals surface area contributed by atoms with Gasteiger partial charge in [-0.15, -0.1) is 0 Å². The molecular weight excluding hydrogens is 316 g/mol. The third-order valence-electron chi connectivity index (χ3n) is 2.55. The van der Waals surface area contributed by atoms with Crippen LogP contribution in [0.1, 0.15) is 18.4 Å². The molecule has 0 spiro atoms. The van der Waals surface area contributed by atoms with Gasteiger partial charge in [-0.2, -0.15) is 0 Å². The highest BCUT2D eigenvalue weighted by atomic mass is 79.9. The Morgan fingerprint density at radius 2 is 2.00 bits per heavy atom. The Hall–Kier alpha value is -0.590. The Bertz CT molecular complexity index is 489. The Morgan fingerprint density at radius 3 is 2.67 bits per heavy atom. The highest BCUT2D eigenvalue weighted by molar-refractivity contribution is 9.10. The van der Waals surface area contributed by atoms with Crippen molar-refractivity contribution in [3.63, 3.8) is 0 Å². The van der Waals surface area contributed by atoms with Crippen molar-refractivity contribution in [2.75, 3.05) is 24.1 Å². The molecule has 0 radical (unpaired) electrons. The van der Waals surface area contributed by atoms with E-state index in [-0.39, 0.29) is 5.75 Å². The van der Waals surface area contributed by atoms with Crippen LogP contribution in [0.5, 0.6) is 0 Å².